The minimum absolute atomic E-state index is 0.116. The second kappa shape index (κ2) is 7.61. The molecular formula is C19H19BrN4O. The van der Waals surface area contributed by atoms with Gasteiger partial charge in [-0.1, -0.05) is 51.8 Å². The van der Waals surface area contributed by atoms with Gasteiger partial charge in [0.15, 0.2) is 0 Å². The van der Waals surface area contributed by atoms with Crippen LogP contribution in [0.3, 0.4) is 0 Å². The molecule has 0 spiro atoms. The second-order valence-corrected chi connectivity index (χ2v) is 6.96. The number of benzene rings is 2. The van der Waals surface area contributed by atoms with Crippen LogP contribution in [0.1, 0.15) is 22.3 Å². The van der Waals surface area contributed by atoms with E-state index >= 15 is 0 Å². The van der Waals surface area contributed by atoms with Crippen molar-refractivity contribution in [3.63, 3.8) is 0 Å². The molecule has 3 rings (SSSR count). The zero-order valence-electron chi connectivity index (χ0n) is 14.2. The number of aryl methyl sites for hydroxylation is 2. The molecule has 1 N–H and O–H groups in total. The average Bonchev–Trinajstić information content (AvgIpc) is 3.00. The Bertz CT molecular complexity index is 887. The number of carbonyl (C=O) groups excluding carboxylic acids is 1. The summed E-state index contributed by atoms with van der Waals surface area (Å²) in [6.07, 6.45) is 1.93. The van der Waals surface area contributed by atoms with Gasteiger partial charge in [-0.15, -0.1) is 5.10 Å². The van der Waals surface area contributed by atoms with E-state index in [1.807, 2.05) is 56.3 Å². The lowest BCUT2D eigenvalue weighted by molar-refractivity contribution is -0.115. The third kappa shape index (κ3) is 4.76. The van der Waals surface area contributed by atoms with Crippen LogP contribution in [0.25, 0.3) is 0 Å². The van der Waals surface area contributed by atoms with Crippen molar-refractivity contribution in [2.75, 3.05) is 5.32 Å². The summed E-state index contributed by atoms with van der Waals surface area (Å²) in [6.45, 7) is 4.63. The lowest BCUT2D eigenvalue weighted by Crippen LogP contribution is -2.16. The number of hydrogen-bond acceptors (Lipinski definition) is 3. The first-order chi connectivity index (χ1) is 12.0. The van der Waals surface area contributed by atoms with E-state index in [0.717, 1.165) is 26.7 Å². The number of nitrogens with zero attached hydrogens (tertiary/aromatic N) is 3. The van der Waals surface area contributed by atoms with Crippen LogP contribution >= 0.6 is 15.9 Å². The summed E-state index contributed by atoms with van der Waals surface area (Å²) in [5.74, 6) is 0.211. The van der Waals surface area contributed by atoms with Gasteiger partial charge >= 0.3 is 0 Å². The summed E-state index contributed by atoms with van der Waals surface area (Å²) < 4.78 is 2.74. The molecule has 0 unspecified atom stereocenters. The Morgan fingerprint density at radius 2 is 1.92 bits per heavy atom. The first-order valence-corrected chi connectivity index (χ1v) is 8.79. The molecule has 0 bridgehead atoms. The SMILES string of the molecule is Cc1ccc(C)c(CC(=O)Nc2ncn(Cc3ccc(Br)cc3)n2)c1. The third-order valence-corrected chi connectivity index (χ3v) is 4.43. The molecule has 25 heavy (non-hydrogen) atoms. The van der Waals surface area contributed by atoms with Gasteiger partial charge in [-0.3, -0.25) is 10.1 Å². The van der Waals surface area contributed by atoms with Crippen LogP contribution in [0.15, 0.2) is 53.3 Å². The van der Waals surface area contributed by atoms with Crippen molar-refractivity contribution in [2.45, 2.75) is 26.8 Å². The number of nitrogens with one attached hydrogen (secondary N) is 1. The maximum atomic E-state index is 12.2. The quantitative estimate of drug-likeness (QED) is 0.708. The fourth-order valence-electron chi connectivity index (χ4n) is 2.54. The Labute approximate surface area is 155 Å². The molecular weight excluding hydrogens is 380 g/mol. The van der Waals surface area contributed by atoms with Crippen LogP contribution in [0.4, 0.5) is 5.95 Å². The van der Waals surface area contributed by atoms with Crippen molar-refractivity contribution in [2.24, 2.45) is 0 Å². The van der Waals surface area contributed by atoms with E-state index < -0.39 is 0 Å². The van der Waals surface area contributed by atoms with Gasteiger partial charge < -0.3 is 0 Å². The summed E-state index contributed by atoms with van der Waals surface area (Å²) in [6, 6.07) is 14.1. The zero-order valence-corrected chi connectivity index (χ0v) is 15.7. The maximum absolute atomic E-state index is 12.2. The van der Waals surface area contributed by atoms with Gasteiger partial charge in [0.1, 0.15) is 6.33 Å². The van der Waals surface area contributed by atoms with Crippen LogP contribution in [0, 0.1) is 13.8 Å². The van der Waals surface area contributed by atoms with Gasteiger partial charge in [-0.05, 0) is 42.7 Å². The predicted molar refractivity (Wildman–Crippen MR) is 102 cm³/mol. The largest absolute Gasteiger partial charge is 0.293 e. The Kier molecular flexibility index (Phi) is 5.28. The Morgan fingerprint density at radius 1 is 1.16 bits per heavy atom. The van der Waals surface area contributed by atoms with Gasteiger partial charge in [0.05, 0.1) is 13.0 Å². The van der Waals surface area contributed by atoms with Crippen molar-refractivity contribution < 1.29 is 4.79 Å². The first kappa shape index (κ1) is 17.4. The number of anilines is 1. The number of amides is 1. The third-order valence-electron chi connectivity index (χ3n) is 3.90. The number of halogens is 1. The summed E-state index contributed by atoms with van der Waals surface area (Å²) in [5, 5.41) is 7.07. The fourth-order valence-corrected chi connectivity index (χ4v) is 2.80. The Morgan fingerprint density at radius 3 is 2.68 bits per heavy atom. The van der Waals surface area contributed by atoms with Crippen molar-refractivity contribution in [1.29, 1.82) is 0 Å². The lowest BCUT2D eigenvalue weighted by Gasteiger charge is -2.06. The molecule has 0 radical (unpaired) electrons. The van der Waals surface area contributed by atoms with Gasteiger partial charge in [-0.25, -0.2) is 9.67 Å². The first-order valence-electron chi connectivity index (χ1n) is 7.99. The van der Waals surface area contributed by atoms with Crippen molar-refractivity contribution in [3.05, 3.63) is 75.5 Å². The van der Waals surface area contributed by atoms with Gasteiger partial charge in [0.2, 0.25) is 11.9 Å². The Hall–Kier alpha value is -2.47. The molecule has 1 aromatic heterocycles. The highest BCUT2D eigenvalue weighted by molar-refractivity contribution is 9.10. The monoisotopic (exact) mass is 398 g/mol. The molecule has 0 aliphatic carbocycles. The molecule has 0 saturated carbocycles. The molecule has 1 amide bonds. The minimum Gasteiger partial charge on any atom is -0.293 e. The van der Waals surface area contributed by atoms with E-state index in [-0.39, 0.29) is 5.91 Å². The van der Waals surface area contributed by atoms with Crippen LogP contribution in [-0.2, 0) is 17.8 Å². The Balaban J connectivity index is 1.61. The molecule has 0 fully saturated rings. The van der Waals surface area contributed by atoms with Crippen LogP contribution < -0.4 is 5.32 Å². The van der Waals surface area contributed by atoms with Gasteiger partial charge in [0, 0.05) is 4.47 Å². The molecule has 0 saturated heterocycles. The van der Waals surface area contributed by atoms with E-state index in [4.69, 9.17) is 0 Å². The summed E-state index contributed by atoms with van der Waals surface area (Å²) in [5.41, 5.74) is 4.38. The van der Waals surface area contributed by atoms with E-state index in [1.54, 1.807) is 11.0 Å². The topological polar surface area (TPSA) is 59.8 Å². The molecule has 5 nitrogen and oxygen atoms in total. The second-order valence-electron chi connectivity index (χ2n) is 6.05. The predicted octanol–water partition coefficient (Wildman–Crippen LogP) is 3.89. The summed E-state index contributed by atoms with van der Waals surface area (Å²) in [7, 11) is 0. The average molecular weight is 399 g/mol. The molecule has 128 valence electrons. The number of rotatable bonds is 5. The smallest absolute Gasteiger partial charge is 0.248 e. The van der Waals surface area contributed by atoms with Crippen LogP contribution in [0.2, 0.25) is 0 Å². The van der Waals surface area contributed by atoms with E-state index in [1.165, 1.54) is 0 Å². The minimum atomic E-state index is -0.116. The van der Waals surface area contributed by atoms with Crippen molar-refractivity contribution in [3.8, 4) is 0 Å². The van der Waals surface area contributed by atoms with E-state index in [9.17, 15) is 4.79 Å². The molecule has 6 heteroatoms. The van der Waals surface area contributed by atoms with Crippen molar-refractivity contribution in [1.82, 2.24) is 14.8 Å². The van der Waals surface area contributed by atoms with Gasteiger partial charge in [0.25, 0.3) is 0 Å². The highest BCUT2D eigenvalue weighted by atomic mass is 79.9. The maximum Gasteiger partial charge on any atom is 0.248 e. The molecule has 0 atom stereocenters. The fraction of sp³-hybridized carbons (Fsp3) is 0.211. The summed E-state index contributed by atoms with van der Waals surface area (Å²) >= 11 is 3.42. The lowest BCUT2D eigenvalue weighted by atomic mass is 10.0. The molecule has 1 heterocycles. The highest BCUT2D eigenvalue weighted by Crippen LogP contribution is 2.13. The van der Waals surface area contributed by atoms with Gasteiger partial charge in [-0.2, -0.15) is 0 Å². The molecule has 2 aromatic carbocycles. The normalized spacial score (nSPS) is 10.7. The molecule has 3 aromatic rings. The van der Waals surface area contributed by atoms with Crippen molar-refractivity contribution >= 4 is 27.8 Å². The van der Waals surface area contributed by atoms with E-state index in [0.29, 0.717) is 18.9 Å². The summed E-state index contributed by atoms with van der Waals surface area (Å²) in [4.78, 5) is 16.4. The standard InChI is InChI=1S/C19H19BrN4O/c1-13-3-4-14(2)16(9-13)10-18(25)22-19-21-12-24(23-19)11-15-5-7-17(20)8-6-15/h3-9,12H,10-11H2,1-2H3,(H,22,23,25). The molecule has 0 aliphatic rings. The highest BCUT2D eigenvalue weighted by Gasteiger charge is 2.09. The van der Waals surface area contributed by atoms with Crippen LogP contribution in [-0.4, -0.2) is 20.7 Å². The number of hydrogen-bond donors (Lipinski definition) is 1. The zero-order chi connectivity index (χ0) is 17.8. The van der Waals surface area contributed by atoms with Crippen LogP contribution in [0.5, 0.6) is 0 Å². The van der Waals surface area contributed by atoms with E-state index in [2.05, 4.69) is 31.3 Å². The number of aromatic nitrogens is 3. The number of carbonyl (C=O) groups is 1. The molecule has 0 aliphatic heterocycles.